The SMILES string of the molecule is Nc1c(N)c(-n2c3ccc(-n4c5ccccc5c5ccccc54)cc3c3cc(-n4c5ccccc5c5ccccc54)ccc32)c2nccnc2c1-n1c2ccc(-n3c4ccccc4c4ccccc43)cc2c2cc(-n3c4ccccc4c4ccccc43)ccc21. The third-order valence-electron chi connectivity index (χ3n) is 19.2. The summed E-state index contributed by atoms with van der Waals surface area (Å²) in [6.07, 6.45) is 3.53. The smallest absolute Gasteiger partial charge is 0.117 e. The van der Waals surface area contributed by atoms with Crippen molar-refractivity contribution in [1.29, 1.82) is 0 Å². The van der Waals surface area contributed by atoms with Gasteiger partial charge in [-0.15, -0.1) is 0 Å². The molecule has 13 aromatic carbocycles. The quantitative estimate of drug-likeness (QED) is 0.162. The summed E-state index contributed by atoms with van der Waals surface area (Å²) < 4.78 is 14.1. The third kappa shape index (κ3) is 6.49. The molecule has 0 aliphatic carbocycles. The van der Waals surface area contributed by atoms with Gasteiger partial charge < -0.3 is 38.9 Å². The second kappa shape index (κ2) is 18.1. The lowest BCUT2D eigenvalue weighted by atomic mass is 10.1. The van der Waals surface area contributed by atoms with Gasteiger partial charge in [0.1, 0.15) is 11.0 Å². The highest BCUT2D eigenvalue weighted by Crippen LogP contribution is 2.48. The van der Waals surface area contributed by atoms with Gasteiger partial charge in [-0.3, -0.25) is 9.97 Å². The summed E-state index contributed by atoms with van der Waals surface area (Å²) in [5.74, 6) is 0. The van der Waals surface area contributed by atoms with Gasteiger partial charge in [0, 0.05) is 99.8 Å². The molecule has 0 saturated carbocycles. The second-order valence-corrected chi connectivity index (χ2v) is 23.7. The molecule has 10 nitrogen and oxygen atoms in total. The zero-order valence-corrected chi connectivity index (χ0v) is 48.3. The van der Waals surface area contributed by atoms with E-state index in [4.69, 9.17) is 21.4 Å². The fraction of sp³-hybridized carbons (Fsp3) is 0. The maximum atomic E-state index is 7.83. The predicted molar refractivity (Wildman–Crippen MR) is 374 cm³/mol. The molecule has 0 bridgehead atoms. The molecule has 0 spiro atoms. The van der Waals surface area contributed by atoms with E-state index in [1.165, 1.54) is 43.1 Å². The molecule has 4 N–H and O–H groups in total. The monoisotopic (exact) mass is 1150 g/mol. The summed E-state index contributed by atoms with van der Waals surface area (Å²) in [4.78, 5) is 10.6. The first-order valence-corrected chi connectivity index (χ1v) is 30.5. The van der Waals surface area contributed by atoms with E-state index < -0.39 is 0 Å². The zero-order chi connectivity index (χ0) is 59.0. The first-order valence-electron chi connectivity index (χ1n) is 30.5. The number of para-hydroxylation sites is 8. The molecule has 90 heavy (non-hydrogen) atoms. The molecular formula is C80H50N10. The number of hydrogen-bond acceptors (Lipinski definition) is 4. The summed E-state index contributed by atoms with van der Waals surface area (Å²) in [6.45, 7) is 0. The van der Waals surface area contributed by atoms with Crippen molar-refractivity contribution in [2.75, 3.05) is 11.5 Å². The average molecular weight is 1150 g/mol. The van der Waals surface area contributed by atoms with E-state index in [1.54, 1.807) is 12.4 Å². The van der Waals surface area contributed by atoms with Crippen molar-refractivity contribution in [2.24, 2.45) is 0 Å². The third-order valence-corrected chi connectivity index (χ3v) is 19.2. The van der Waals surface area contributed by atoms with Crippen LogP contribution in [0.4, 0.5) is 11.4 Å². The van der Waals surface area contributed by atoms with Crippen LogP contribution in [0.25, 0.3) is 176 Å². The molecule has 7 aromatic heterocycles. The Labute approximate surface area is 512 Å². The molecule has 7 heterocycles. The van der Waals surface area contributed by atoms with Gasteiger partial charge in [-0.05, 0) is 121 Å². The van der Waals surface area contributed by atoms with E-state index >= 15 is 0 Å². The molecule has 0 atom stereocenters. The number of fused-ring (bicyclic) bond motifs is 19. The Morgan fingerprint density at radius 2 is 0.389 bits per heavy atom. The molecular weight excluding hydrogens is 1100 g/mol. The van der Waals surface area contributed by atoms with Crippen LogP contribution in [0.2, 0.25) is 0 Å². The van der Waals surface area contributed by atoms with E-state index in [9.17, 15) is 0 Å². The molecule has 420 valence electrons. The molecule has 0 amide bonds. The summed E-state index contributed by atoms with van der Waals surface area (Å²) in [6, 6.07) is 96.6. The Bertz CT molecular complexity index is 5570. The Morgan fingerprint density at radius 1 is 0.200 bits per heavy atom. The molecule has 0 aliphatic rings. The van der Waals surface area contributed by atoms with E-state index in [0.29, 0.717) is 33.8 Å². The number of hydrogen-bond donors (Lipinski definition) is 2. The zero-order valence-electron chi connectivity index (χ0n) is 48.3. The number of nitrogens with two attached hydrogens (primary N) is 2. The number of nitrogen functional groups attached to an aromatic ring is 2. The highest BCUT2D eigenvalue weighted by molar-refractivity contribution is 6.19. The fourth-order valence-corrected chi connectivity index (χ4v) is 15.5. The number of benzene rings is 13. The first-order chi connectivity index (χ1) is 44.5. The lowest BCUT2D eigenvalue weighted by Gasteiger charge is -2.20. The molecule has 0 radical (unpaired) electrons. The Kier molecular flexibility index (Phi) is 9.80. The fourth-order valence-electron chi connectivity index (χ4n) is 15.5. The average Bonchev–Trinajstić information content (AvgIpc) is 1.54. The maximum Gasteiger partial charge on any atom is 0.117 e. The van der Waals surface area contributed by atoms with Crippen molar-refractivity contribution >= 4 is 153 Å². The van der Waals surface area contributed by atoms with Gasteiger partial charge in [-0.1, -0.05) is 146 Å². The van der Waals surface area contributed by atoms with Crippen LogP contribution in [-0.4, -0.2) is 37.4 Å². The van der Waals surface area contributed by atoms with E-state index in [-0.39, 0.29) is 0 Å². The Hall–Kier alpha value is -12.4. The molecule has 0 saturated heterocycles. The molecule has 20 rings (SSSR count). The van der Waals surface area contributed by atoms with Crippen molar-refractivity contribution < 1.29 is 0 Å². The summed E-state index contributed by atoms with van der Waals surface area (Å²) in [5, 5.41) is 13.8. The van der Waals surface area contributed by atoms with Gasteiger partial charge in [0.25, 0.3) is 0 Å². The van der Waals surface area contributed by atoms with Gasteiger partial charge >= 0.3 is 0 Å². The van der Waals surface area contributed by atoms with Crippen LogP contribution in [0.3, 0.4) is 0 Å². The minimum atomic E-state index is 0.397. The normalized spacial score (nSPS) is 12.3. The second-order valence-electron chi connectivity index (χ2n) is 23.7. The van der Waals surface area contributed by atoms with Crippen molar-refractivity contribution in [1.82, 2.24) is 37.4 Å². The number of anilines is 2. The van der Waals surface area contributed by atoms with Crippen molar-refractivity contribution in [3.05, 3.63) is 279 Å². The van der Waals surface area contributed by atoms with E-state index in [1.807, 2.05) is 0 Å². The molecule has 10 heteroatoms. The summed E-state index contributed by atoms with van der Waals surface area (Å²) >= 11 is 0. The highest BCUT2D eigenvalue weighted by atomic mass is 15.1. The van der Waals surface area contributed by atoms with Crippen LogP contribution in [0.1, 0.15) is 0 Å². The van der Waals surface area contributed by atoms with Gasteiger partial charge in [-0.25, -0.2) is 0 Å². The van der Waals surface area contributed by atoms with Gasteiger partial charge in [-0.2, -0.15) is 0 Å². The van der Waals surface area contributed by atoms with Gasteiger partial charge in [0.2, 0.25) is 0 Å². The molecule has 0 fully saturated rings. The summed E-state index contributed by atoms with van der Waals surface area (Å²) in [5.41, 5.74) is 36.1. The van der Waals surface area contributed by atoms with Crippen molar-refractivity contribution in [3.63, 3.8) is 0 Å². The van der Waals surface area contributed by atoms with Crippen LogP contribution >= 0.6 is 0 Å². The molecule has 0 unspecified atom stereocenters. The lowest BCUT2D eigenvalue weighted by molar-refractivity contribution is 1.13. The largest absolute Gasteiger partial charge is 0.395 e. The Balaban J connectivity index is 0.860. The minimum Gasteiger partial charge on any atom is -0.395 e. The van der Waals surface area contributed by atoms with Crippen LogP contribution in [-0.2, 0) is 0 Å². The van der Waals surface area contributed by atoms with E-state index in [0.717, 1.165) is 110 Å². The van der Waals surface area contributed by atoms with Gasteiger partial charge in [0.15, 0.2) is 0 Å². The first kappa shape index (κ1) is 48.8. The van der Waals surface area contributed by atoms with Crippen LogP contribution in [0.5, 0.6) is 0 Å². The van der Waals surface area contributed by atoms with Crippen molar-refractivity contribution in [2.45, 2.75) is 0 Å². The van der Waals surface area contributed by atoms with Gasteiger partial charge in [0.05, 0.1) is 88.9 Å². The topological polar surface area (TPSA) is 107 Å². The minimum absolute atomic E-state index is 0.397. The van der Waals surface area contributed by atoms with E-state index in [2.05, 4.69) is 294 Å². The predicted octanol–water partition coefficient (Wildman–Crippen LogP) is 19.4. The maximum absolute atomic E-state index is 7.83. The van der Waals surface area contributed by atoms with Crippen LogP contribution in [0.15, 0.2) is 279 Å². The van der Waals surface area contributed by atoms with Crippen LogP contribution in [0, 0.1) is 0 Å². The lowest BCUT2D eigenvalue weighted by Crippen LogP contribution is -2.11. The highest BCUT2D eigenvalue weighted by Gasteiger charge is 2.28. The number of rotatable bonds is 6. The standard InChI is InChI=1S/C80H50N10/c81-75-76(82)80(90-73-39-35-49(87-67-29-13-5-21-55(67)56-22-6-14-30-68(56)87)45-61(73)62-46-50(36-40-74(62)90)88-69-31-15-7-23-57(69)58-24-8-16-32-70(58)88)78-77(83-41-42-84-78)79(75)89-71-37-33-47(85-63-25-9-1-17-51(63)52-18-2-10-26-64(52)85)43-59(71)60-44-48(34-38-72(60)89)86-65-27-11-3-19-53(65)54-20-4-12-28-66(54)86/h1-46H,81-82H2. The molecule has 20 aromatic rings. The number of nitrogens with zero attached hydrogens (tertiary/aromatic N) is 8. The van der Waals surface area contributed by atoms with Crippen LogP contribution < -0.4 is 11.5 Å². The molecule has 0 aliphatic heterocycles. The van der Waals surface area contributed by atoms with Crippen molar-refractivity contribution in [3.8, 4) is 34.1 Å². The Morgan fingerprint density at radius 3 is 0.600 bits per heavy atom. The summed E-state index contributed by atoms with van der Waals surface area (Å²) in [7, 11) is 0. The number of aromatic nitrogens is 8.